The van der Waals surface area contributed by atoms with Crippen molar-refractivity contribution in [3.63, 3.8) is 0 Å². The third kappa shape index (κ3) is 3.32. The largest absolute Gasteiger partial charge is 0.486 e. The molecule has 2 aliphatic rings. The SMILES string of the molecule is C=C(OCc1ccccc1)N1CCC2(CC1)CC(=O)c1ccccc1O2. The van der Waals surface area contributed by atoms with Crippen molar-refractivity contribution in [1.82, 2.24) is 4.90 Å². The van der Waals surface area contributed by atoms with Gasteiger partial charge in [-0.05, 0) is 24.3 Å². The number of likely N-dealkylation sites (tertiary alicyclic amines) is 1. The Labute approximate surface area is 154 Å². The first-order valence-electron chi connectivity index (χ1n) is 9.07. The molecule has 134 valence electrons. The van der Waals surface area contributed by atoms with Crippen LogP contribution in [0.1, 0.15) is 35.2 Å². The van der Waals surface area contributed by atoms with Gasteiger partial charge in [0.25, 0.3) is 0 Å². The minimum absolute atomic E-state index is 0.180. The van der Waals surface area contributed by atoms with E-state index in [0.29, 0.717) is 24.5 Å². The summed E-state index contributed by atoms with van der Waals surface area (Å²) in [6.07, 6.45) is 2.04. The van der Waals surface area contributed by atoms with E-state index in [-0.39, 0.29) is 11.4 Å². The van der Waals surface area contributed by atoms with E-state index >= 15 is 0 Å². The molecule has 0 aliphatic carbocycles. The number of piperidine rings is 1. The molecule has 1 spiro atoms. The quantitative estimate of drug-likeness (QED) is 0.777. The zero-order valence-electron chi connectivity index (χ0n) is 14.8. The minimum Gasteiger partial charge on any atom is -0.486 e. The van der Waals surface area contributed by atoms with Gasteiger partial charge >= 0.3 is 0 Å². The van der Waals surface area contributed by atoms with Crippen LogP contribution >= 0.6 is 0 Å². The first-order valence-corrected chi connectivity index (χ1v) is 9.07. The Balaban J connectivity index is 1.35. The zero-order valence-corrected chi connectivity index (χ0v) is 14.8. The highest BCUT2D eigenvalue weighted by Crippen LogP contribution is 2.39. The van der Waals surface area contributed by atoms with Crippen LogP contribution in [0.3, 0.4) is 0 Å². The summed E-state index contributed by atoms with van der Waals surface area (Å²) < 4.78 is 12.1. The highest BCUT2D eigenvalue weighted by atomic mass is 16.5. The maximum Gasteiger partial charge on any atom is 0.182 e. The Morgan fingerprint density at radius 3 is 2.54 bits per heavy atom. The molecule has 0 amide bonds. The summed E-state index contributed by atoms with van der Waals surface area (Å²) in [4.78, 5) is 14.6. The number of hydrogen-bond acceptors (Lipinski definition) is 4. The number of ketones is 1. The summed E-state index contributed by atoms with van der Waals surface area (Å²) in [5.41, 5.74) is 1.44. The summed E-state index contributed by atoms with van der Waals surface area (Å²) >= 11 is 0. The van der Waals surface area contributed by atoms with Crippen LogP contribution in [0.2, 0.25) is 0 Å². The molecule has 4 rings (SSSR count). The maximum atomic E-state index is 12.5. The van der Waals surface area contributed by atoms with Crippen molar-refractivity contribution in [1.29, 1.82) is 0 Å². The van der Waals surface area contributed by atoms with Crippen molar-refractivity contribution in [2.75, 3.05) is 13.1 Å². The molecule has 2 aromatic rings. The average molecular weight is 349 g/mol. The van der Waals surface area contributed by atoms with Crippen LogP contribution in [-0.2, 0) is 11.3 Å². The Bertz CT molecular complexity index is 807. The fraction of sp³-hybridized carbons (Fsp3) is 0.318. The lowest BCUT2D eigenvalue weighted by Gasteiger charge is -2.44. The zero-order chi connectivity index (χ0) is 18.0. The lowest BCUT2D eigenvalue weighted by molar-refractivity contribution is -0.0183. The van der Waals surface area contributed by atoms with E-state index < -0.39 is 0 Å². The van der Waals surface area contributed by atoms with Gasteiger partial charge in [0.15, 0.2) is 11.7 Å². The average Bonchev–Trinajstić information content (AvgIpc) is 2.67. The molecule has 0 unspecified atom stereocenters. The van der Waals surface area contributed by atoms with Crippen LogP contribution in [0.4, 0.5) is 0 Å². The van der Waals surface area contributed by atoms with E-state index in [1.165, 1.54) is 0 Å². The third-order valence-electron chi connectivity index (χ3n) is 5.27. The Hall–Kier alpha value is -2.75. The summed E-state index contributed by atoms with van der Waals surface area (Å²) in [6, 6.07) is 17.6. The molecule has 0 bridgehead atoms. The Morgan fingerprint density at radius 2 is 1.77 bits per heavy atom. The molecule has 2 aromatic carbocycles. The third-order valence-corrected chi connectivity index (χ3v) is 5.27. The van der Waals surface area contributed by atoms with Crippen molar-refractivity contribution in [2.45, 2.75) is 31.5 Å². The lowest BCUT2D eigenvalue weighted by Crippen LogP contribution is -2.50. The number of fused-ring (bicyclic) bond motifs is 1. The fourth-order valence-electron chi connectivity index (χ4n) is 3.72. The van der Waals surface area contributed by atoms with Crippen LogP contribution in [0.5, 0.6) is 5.75 Å². The van der Waals surface area contributed by atoms with Gasteiger partial charge in [-0.1, -0.05) is 42.5 Å². The molecule has 0 radical (unpaired) electrons. The van der Waals surface area contributed by atoms with E-state index in [9.17, 15) is 4.79 Å². The summed E-state index contributed by atoms with van der Waals surface area (Å²) in [5.74, 6) is 1.59. The lowest BCUT2D eigenvalue weighted by atomic mass is 9.82. The number of rotatable bonds is 4. The summed E-state index contributed by atoms with van der Waals surface area (Å²) in [7, 11) is 0. The van der Waals surface area contributed by atoms with Gasteiger partial charge in [0.1, 0.15) is 18.0 Å². The highest BCUT2D eigenvalue weighted by Gasteiger charge is 2.43. The maximum absolute atomic E-state index is 12.5. The molecule has 0 aromatic heterocycles. The number of benzene rings is 2. The molecule has 1 fully saturated rings. The number of Topliss-reactive ketones (excluding diaryl/α,β-unsaturated/α-hetero) is 1. The monoisotopic (exact) mass is 349 g/mol. The molecule has 26 heavy (non-hydrogen) atoms. The Kier molecular flexibility index (Phi) is 4.41. The number of nitrogens with zero attached hydrogens (tertiary/aromatic N) is 1. The molecule has 4 heteroatoms. The molecule has 0 atom stereocenters. The van der Waals surface area contributed by atoms with Gasteiger partial charge in [-0.25, -0.2) is 0 Å². The molecule has 4 nitrogen and oxygen atoms in total. The predicted octanol–water partition coefficient (Wildman–Crippen LogP) is 4.17. The fourth-order valence-corrected chi connectivity index (χ4v) is 3.72. The van der Waals surface area contributed by atoms with Crippen LogP contribution in [0.15, 0.2) is 67.1 Å². The van der Waals surface area contributed by atoms with Crippen LogP contribution in [-0.4, -0.2) is 29.4 Å². The minimum atomic E-state index is -0.387. The number of para-hydroxylation sites is 1. The van der Waals surface area contributed by atoms with Gasteiger partial charge in [-0.2, -0.15) is 0 Å². The molecular weight excluding hydrogens is 326 g/mol. The van der Waals surface area contributed by atoms with Gasteiger partial charge in [0.2, 0.25) is 0 Å². The molecule has 0 saturated carbocycles. The topological polar surface area (TPSA) is 38.8 Å². The number of carbonyl (C=O) groups is 1. The molecular formula is C22H23NO3. The van der Waals surface area contributed by atoms with E-state index in [1.807, 2.05) is 54.6 Å². The second-order valence-electron chi connectivity index (χ2n) is 7.04. The van der Waals surface area contributed by atoms with Crippen LogP contribution in [0, 0.1) is 0 Å². The number of carbonyl (C=O) groups excluding carboxylic acids is 1. The molecule has 0 N–H and O–H groups in total. The van der Waals surface area contributed by atoms with Crippen molar-refractivity contribution in [2.24, 2.45) is 0 Å². The first kappa shape index (κ1) is 16.7. The molecule has 2 heterocycles. The number of hydrogen-bond donors (Lipinski definition) is 0. The van der Waals surface area contributed by atoms with E-state index in [4.69, 9.17) is 9.47 Å². The van der Waals surface area contributed by atoms with Crippen LogP contribution in [0.25, 0.3) is 0 Å². The van der Waals surface area contributed by atoms with Gasteiger partial charge in [-0.3, -0.25) is 4.79 Å². The molecule has 1 saturated heterocycles. The van der Waals surface area contributed by atoms with E-state index in [2.05, 4.69) is 11.5 Å². The van der Waals surface area contributed by atoms with E-state index in [1.54, 1.807) is 0 Å². The smallest absolute Gasteiger partial charge is 0.182 e. The summed E-state index contributed by atoms with van der Waals surface area (Å²) in [5, 5.41) is 0. The van der Waals surface area contributed by atoms with Crippen molar-refractivity contribution in [3.05, 3.63) is 78.2 Å². The van der Waals surface area contributed by atoms with E-state index in [0.717, 1.165) is 37.2 Å². The van der Waals surface area contributed by atoms with Crippen molar-refractivity contribution in [3.8, 4) is 5.75 Å². The second kappa shape index (κ2) is 6.87. The van der Waals surface area contributed by atoms with Gasteiger partial charge in [-0.15, -0.1) is 0 Å². The molecule has 2 aliphatic heterocycles. The highest BCUT2D eigenvalue weighted by molar-refractivity contribution is 6.00. The first-order chi connectivity index (χ1) is 12.7. The van der Waals surface area contributed by atoms with Gasteiger partial charge in [0, 0.05) is 25.9 Å². The Morgan fingerprint density at radius 1 is 1.08 bits per heavy atom. The predicted molar refractivity (Wildman–Crippen MR) is 99.9 cm³/mol. The van der Waals surface area contributed by atoms with Crippen molar-refractivity contribution >= 4 is 5.78 Å². The van der Waals surface area contributed by atoms with Gasteiger partial charge in [0.05, 0.1) is 12.0 Å². The standard InChI is InChI=1S/C22H23NO3/c1-17(25-16-18-7-3-2-4-8-18)23-13-11-22(12-14-23)15-20(24)19-9-5-6-10-21(19)26-22/h2-10H,1,11-16H2. The normalized spacial score (nSPS) is 18.2. The second-order valence-corrected chi connectivity index (χ2v) is 7.04. The van der Waals surface area contributed by atoms with Gasteiger partial charge < -0.3 is 14.4 Å². The number of ether oxygens (including phenoxy) is 2. The van der Waals surface area contributed by atoms with Crippen LogP contribution < -0.4 is 4.74 Å². The summed E-state index contributed by atoms with van der Waals surface area (Å²) in [6.45, 7) is 6.15. The van der Waals surface area contributed by atoms with Crippen molar-refractivity contribution < 1.29 is 14.3 Å².